The van der Waals surface area contributed by atoms with Crippen LogP contribution in [0.1, 0.15) is 90.5 Å². The predicted molar refractivity (Wildman–Crippen MR) is 225 cm³/mol. The SMILES string of the molecule is CC(C)(C)c1cc2c(cc1-c1ccccc1)[CH](/[Zr+2]([C]1=CC=CC1)=[C](\c1ccccc1)c1cccc(C(F)(F)F)c1)c1cc(-c3ccccc3)c(C(C)(C)C)cc1-2.[Cl-].[Cl-]. The van der Waals surface area contributed by atoms with Crippen LogP contribution >= 0.6 is 0 Å². The zero-order chi connectivity index (χ0) is 39.4. The first-order valence-corrected chi connectivity index (χ1v) is 23.4. The van der Waals surface area contributed by atoms with E-state index in [1.165, 1.54) is 71.0 Å². The first-order valence-electron chi connectivity index (χ1n) is 19.5. The van der Waals surface area contributed by atoms with Crippen molar-refractivity contribution in [1.82, 2.24) is 0 Å². The molecule has 0 radical (unpaired) electrons. The molecule has 0 unspecified atom stereocenters. The van der Waals surface area contributed by atoms with Gasteiger partial charge >= 0.3 is 340 Å². The summed E-state index contributed by atoms with van der Waals surface area (Å²) in [4.78, 5) is 0. The number of hydrogen-bond acceptors (Lipinski definition) is 0. The van der Waals surface area contributed by atoms with E-state index < -0.39 is 33.0 Å². The standard InChI is InChI=1S/C33H33.C14H9F3.C5H5.2ClH.Zr/c1-32(2,3)30-20-26-24(18-28(30)22-13-9-7-10-14-22)17-25-19-29(23-15-11-8-12-16-23)31(21-27(25)26)33(4,5)6;15-14(16,17)13-8-4-7-12(10-13)9-11-5-2-1-3-6-11;1-2-4-5-3-1;;;/h7-21H,1-6H3;1-8,10H;1-3H,4H2;2*1H;/q;;;;;+2/p-2. The Morgan fingerprint density at radius 2 is 1.00 bits per heavy atom. The van der Waals surface area contributed by atoms with Crippen molar-refractivity contribution in [3.8, 4) is 33.4 Å². The second-order valence-corrected chi connectivity index (χ2v) is 23.5. The summed E-state index contributed by atoms with van der Waals surface area (Å²) in [7, 11) is 0. The summed E-state index contributed by atoms with van der Waals surface area (Å²) in [5.41, 5.74) is 13.2. The van der Waals surface area contributed by atoms with Gasteiger partial charge in [0.1, 0.15) is 0 Å². The van der Waals surface area contributed by atoms with Crippen molar-refractivity contribution in [2.75, 3.05) is 0 Å². The summed E-state index contributed by atoms with van der Waals surface area (Å²) in [5.74, 6) is 0. The van der Waals surface area contributed by atoms with E-state index in [-0.39, 0.29) is 39.3 Å². The Balaban J connectivity index is 0.00000283. The van der Waals surface area contributed by atoms with Crippen LogP contribution in [0.25, 0.3) is 33.4 Å². The van der Waals surface area contributed by atoms with Crippen molar-refractivity contribution in [1.29, 1.82) is 0 Å². The van der Waals surface area contributed by atoms with E-state index in [0.29, 0.717) is 5.56 Å². The van der Waals surface area contributed by atoms with Gasteiger partial charge in [-0.15, -0.1) is 0 Å². The monoisotopic (exact) mass is 888 g/mol. The minimum atomic E-state index is -4.45. The van der Waals surface area contributed by atoms with Gasteiger partial charge in [-0.1, -0.05) is 0 Å². The summed E-state index contributed by atoms with van der Waals surface area (Å²) >= 11 is -3.36. The fourth-order valence-corrected chi connectivity index (χ4v) is 17.6. The minimum absolute atomic E-state index is 0. The van der Waals surface area contributed by atoms with E-state index >= 15 is 0 Å². The molecule has 0 saturated carbocycles. The third-order valence-electron chi connectivity index (χ3n) is 11.3. The molecule has 0 saturated heterocycles. The van der Waals surface area contributed by atoms with E-state index in [1.807, 2.05) is 24.3 Å². The average Bonchev–Trinajstić information content (AvgIpc) is 3.82. The van der Waals surface area contributed by atoms with Gasteiger partial charge in [-0.05, 0) is 0 Å². The van der Waals surface area contributed by atoms with Crippen LogP contribution in [-0.4, -0.2) is 3.21 Å². The average molecular weight is 891 g/mol. The van der Waals surface area contributed by atoms with Crippen LogP contribution in [0.15, 0.2) is 161 Å². The molecule has 0 aromatic heterocycles. The summed E-state index contributed by atoms with van der Waals surface area (Å²) in [6.45, 7) is 13.7. The molecule has 0 N–H and O–H groups in total. The van der Waals surface area contributed by atoms with Gasteiger partial charge < -0.3 is 24.8 Å². The maximum atomic E-state index is 14.5. The first-order chi connectivity index (χ1) is 26.7. The molecule has 2 aliphatic rings. The largest absolute Gasteiger partial charge is 1.00 e. The molecule has 8 rings (SSSR count). The molecular formula is C52H47Cl2F3Zr. The van der Waals surface area contributed by atoms with Crippen LogP contribution in [-0.2, 0) is 38.3 Å². The zero-order valence-corrected chi connectivity index (χ0v) is 37.7. The van der Waals surface area contributed by atoms with Gasteiger partial charge in [0.05, 0.1) is 0 Å². The Labute approximate surface area is 361 Å². The quantitative estimate of drug-likeness (QED) is 0.158. The normalized spacial score (nSPS) is 13.9. The van der Waals surface area contributed by atoms with Crippen molar-refractivity contribution < 1.29 is 59.3 Å². The molecule has 0 bridgehead atoms. The van der Waals surface area contributed by atoms with E-state index in [4.69, 9.17) is 0 Å². The van der Waals surface area contributed by atoms with E-state index in [9.17, 15) is 13.2 Å². The minimum Gasteiger partial charge on any atom is -1.00 e. The maximum absolute atomic E-state index is 14.5. The van der Waals surface area contributed by atoms with Gasteiger partial charge in [-0.3, -0.25) is 0 Å². The van der Waals surface area contributed by atoms with Crippen LogP contribution in [0.2, 0.25) is 0 Å². The van der Waals surface area contributed by atoms with Gasteiger partial charge in [0.2, 0.25) is 0 Å². The molecular weight excluding hydrogens is 844 g/mol. The first kappa shape index (κ1) is 43.5. The summed E-state index contributed by atoms with van der Waals surface area (Å²) in [5, 5.41) is 0. The van der Waals surface area contributed by atoms with Gasteiger partial charge in [-0.25, -0.2) is 0 Å². The third-order valence-corrected chi connectivity index (χ3v) is 19.6. The van der Waals surface area contributed by atoms with Gasteiger partial charge in [0, 0.05) is 0 Å². The van der Waals surface area contributed by atoms with E-state index in [2.05, 4.69) is 157 Å². The zero-order valence-electron chi connectivity index (χ0n) is 33.7. The molecule has 0 aliphatic heterocycles. The van der Waals surface area contributed by atoms with Crippen molar-refractivity contribution in [2.45, 2.75) is 68.6 Å². The number of hydrogen-bond donors (Lipinski definition) is 0. The fraction of sp³-hybridized carbons (Fsp3) is 0.212. The molecule has 58 heavy (non-hydrogen) atoms. The van der Waals surface area contributed by atoms with Crippen LogP contribution in [0.4, 0.5) is 13.2 Å². The summed E-state index contributed by atoms with van der Waals surface area (Å²) in [6.07, 6.45) is 3.01. The maximum Gasteiger partial charge on any atom is -1.00 e. The molecule has 0 heterocycles. The van der Waals surface area contributed by atoms with Crippen molar-refractivity contribution >= 4 is 3.21 Å². The molecule has 6 heteroatoms. The number of rotatable bonds is 6. The van der Waals surface area contributed by atoms with Crippen molar-refractivity contribution in [3.63, 3.8) is 0 Å². The molecule has 0 fully saturated rings. The van der Waals surface area contributed by atoms with Gasteiger partial charge in [0.15, 0.2) is 0 Å². The summed E-state index contributed by atoms with van der Waals surface area (Å²) in [6, 6.07) is 47.5. The molecule has 6 aromatic rings. The van der Waals surface area contributed by atoms with E-state index in [1.54, 1.807) is 6.07 Å². The van der Waals surface area contributed by atoms with Gasteiger partial charge in [-0.2, -0.15) is 0 Å². The number of fused-ring (bicyclic) bond motifs is 3. The second-order valence-electron chi connectivity index (χ2n) is 17.2. The smallest absolute Gasteiger partial charge is 1.00 e. The van der Waals surface area contributed by atoms with E-state index in [0.717, 1.165) is 15.2 Å². The topological polar surface area (TPSA) is 0 Å². The Morgan fingerprint density at radius 1 is 0.534 bits per heavy atom. The van der Waals surface area contributed by atoms with Crippen LogP contribution in [0.3, 0.4) is 0 Å². The van der Waals surface area contributed by atoms with Crippen molar-refractivity contribution in [3.05, 3.63) is 200 Å². The van der Waals surface area contributed by atoms with Crippen LogP contribution in [0.5, 0.6) is 0 Å². The molecule has 0 amide bonds. The molecule has 0 atom stereocenters. The Hall–Kier alpha value is -4.08. The number of allylic oxidation sites excluding steroid dienone is 4. The van der Waals surface area contributed by atoms with Crippen LogP contribution in [0, 0.1) is 0 Å². The number of halogens is 5. The fourth-order valence-electron chi connectivity index (χ4n) is 8.68. The second kappa shape index (κ2) is 16.9. The molecule has 6 aromatic carbocycles. The van der Waals surface area contributed by atoms with Crippen molar-refractivity contribution in [2.24, 2.45) is 0 Å². The Bertz CT molecular complexity index is 2430. The molecule has 294 valence electrons. The Morgan fingerprint density at radius 3 is 1.43 bits per heavy atom. The predicted octanol–water partition coefficient (Wildman–Crippen LogP) is 8.44. The Kier molecular flexibility index (Phi) is 12.7. The molecule has 2 aliphatic carbocycles. The van der Waals surface area contributed by atoms with Crippen LogP contribution < -0.4 is 24.8 Å². The number of benzene rings is 6. The summed E-state index contributed by atoms with van der Waals surface area (Å²) < 4.78 is 46.0. The molecule has 0 spiro atoms. The molecule has 0 nitrogen and oxygen atoms in total. The van der Waals surface area contributed by atoms with Gasteiger partial charge in [0.25, 0.3) is 0 Å². The third kappa shape index (κ3) is 8.36. The number of alkyl halides is 3.